The van der Waals surface area contributed by atoms with Crippen molar-refractivity contribution in [3.63, 3.8) is 0 Å². The number of benzene rings is 1. The first-order chi connectivity index (χ1) is 14.3. The summed E-state index contributed by atoms with van der Waals surface area (Å²) in [5.41, 5.74) is 2.59. The van der Waals surface area contributed by atoms with E-state index in [0.717, 1.165) is 5.57 Å². The number of nitro groups is 1. The highest BCUT2D eigenvalue weighted by Crippen LogP contribution is 2.47. The molecule has 0 spiro atoms. The van der Waals surface area contributed by atoms with Crippen LogP contribution in [0.3, 0.4) is 0 Å². The van der Waals surface area contributed by atoms with Crippen molar-refractivity contribution in [3.8, 4) is 0 Å². The van der Waals surface area contributed by atoms with Crippen molar-refractivity contribution < 1.29 is 19.6 Å². The van der Waals surface area contributed by atoms with Crippen LogP contribution in [0.25, 0.3) is 0 Å². The number of carboxylic acids is 1. The van der Waals surface area contributed by atoms with Gasteiger partial charge in [0.1, 0.15) is 0 Å². The van der Waals surface area contributed by atoms with Crippen LogP contribution in [0.15, 0.2) is 65.5 Å². The molecular weight excluding hydrogens is 388 g/mol. The van der Waals surface area contributed by atoms with Gasteiger partial charge in [0.15, 0.2) is 5.41 Å². The van der Waals surface area contributed by atoms with Crippen LogP contribution in [-0.4, -0.2) is 33.1 Å². The van der Waals surface area contributed by atoms with Crippen LogP contribution in [0.4, 0.5) is 5.69 Å². The normalized spacial score (nSPS) is 21.1. The number of hydrogen-bond acceptors (Lipinski definition) is 6. The van der Waals surface area contributed by atoms with Gasteiger partial charge in [0.2, 0.25) is 0 Å². The number of nitrogens with one attached hydrogen (secondary N) is 1. The standard InChI is InChI=1S/C21H20N4O5/c1-14-8-9-21(20(27)28,19(26)24-23-13-15-3-2-10-22-12-15)18(11-14)16-4-6-17(7-5-16)25(29)30/h2-8,10,12-13,18H,9,11H2,1H3,(H,24,26)(H,27,28). The van der Waals surface area contributed by atoms with Crippen LogP contribution in [0.1, 0.15) is 36.8 Å². The zero-order valence-corrected chi connectivity index (χ0v) is 16.2. The third kappa shape index (κ3) is 4.09. The Morgan fingerprint density at radius 2 is 2.07 bits per heavy atom. The first-order valence-electron chi connectivity index (χ1n) is 9.21. The predicted octanol–water partition coefficient (Wildman–Crippen LogP) is 3.03. The van der Waals surface area contributed by atoms with Gasteiger partial charge in [-0.05, 0) is 31.4 Å². The quantitative estimate of drug-likeness (QED) is 0.248. The zero-order valence-electron chi connectivity index (χ0n) is 16.2. The number of carbonyl (C=O) groups is 2. The number of nitro benzene ring substituents is 1. The van der Waals surface area contributed by atoms with E-state index in [0.29, 0.717) is 17.5 Å². The van der Waals surface area contributed by atoms with E-state index in [1.54, 1.807) is 30.6 Å². The third-order valence-corrected chi connectivity index (χ3v) is 5.25. The Morgan fingerprint density at radius 1 is 1.33 bits per heavy atom. The average Bonchev–Trinajstić information content (AvgIpc) is 2.74. The number of hydrazone groups is 1. The van der Waals surface area contributed by atoms with Crippen LogP contribution >= 0.6 is 0 Å². The second-order valence-electron chi connectivity index (χ2n) is 7.12. The Balaban J connectivity index is 1.94. The molecule has 2 N–H and O–H groups in total. The van der Waals surface area contributed by atoms with Crippen molar-refractivity contribution in [2.75, 3.05) is 0 Å². The zero-order chi connectivity index (χ0) is 21.7. The molecule has 2 unspecified atom stereocenters. The van der Waals surface area contributed by atoms with Crippen LogP contribution in [0.5, 0.6) is 0 Å². The first-order valence-corrected chi connectivity index (χ1v) is 9.21. The minimum Gasteiger partial charge on any atom is -0.480 e. The highest BCUT2D eigenvalue weighted by atomic mass is 16.6. The topological polar surface area (TPSA) is 135 Å². The van der Waals surface area contributed by atoms with Crippen molar-refractivity contribution in [2.45, 2.75) is 25.7 Å². The van der Waals surface area contributed by atoms with Gasteiger partial charge in [-0.2, -0.15) is 5.10 Å². The second kappa shape index (κ2) is 8.64. The van der Waals surface area contributed by atoms with E-state index in [-0.39, 0.29) is 12.1 Å². The van der Waals surface area contributed by atoms with E-state index in [4.69, 9.17) is 0 Å². The highest BCUT2D eigenvalue weighted by molar-refractivity contribution is 6.03. The molecular formula is C21H20N4O5. The minimum atomic E-state index is -1.79. The van der Waals surface area contributed by atoms with Gasteiger partial charge in [-0.1, -0.05) is 29.8 Å². The number of pyridine rings is 1. The summed E-state index contributed by atoms with van der Waals surface area (Å²) in [6.07, 6.45) is 6.59. The van der Waals surface area contributed by atoms with Gasteiger partial charge in [-0.15, -0.1) is 0 Å². The molecule has 30 heavy (non-hydrogen) atoms. The maximum Gasteiger partial charge on any atom is 0.320 e. The van der Waals surface area contributed by atoms with Crippen molar-refractivity contribution in [1.82, 2.24) is 10.4 Å². The number of aliphatic carboxylic acids is 1. The van der Waals surface area contributed by atoms with Gasteiger partial charge < -0.3 is 5.11 Å². The summed E-state index contributed by atoms with van der Waals surface area (Å²) in [7, 11) is 0. The lowest BCUT2D eigenvalue weighted by atomic mass is 9.64. The van der Waals surface area contributed by atoms with Gasteiger partial charge in [0.05, 0.1) is 11.1 Å². The van der Waals surface area contributed by atoms with E-state index in [2.05, 4.69) is 15.5 Å². The number of allylic oxidation sites excluding steroid dienone is 2. The summed E-state index contributed by atoms with van der Waals surface area (Å²) in [6.45, 7) is 1.86. The van der Waals surface area contributed by atoms with Crippen molar-refractivity contribution in [1.29, 1.82) is 0 Å². The molecule has 1 aromatic heterocycles. The number of aromatic nitrogens is 1. The van der Waals surface area contributed by atoms with Crippen LogP contribution in [0.2, 0.25) is 0 Å². The summed E-state index contributed by atoms with van der Waals surface area (Å²) < 4.78 is 0. The van der Waals surface area contributed by atoms with Gasteiger partial charge in [-0.3, -0.25) is 24.7 Å². The van der Waals surface area contributed by atoms with E-state index in [1.807, 2.05) is 6.92 Å². The predicted molar refractivity (Wildman–Crippen MR) is 109 cm³/mol. The molecule has 2 atom stereocenters. The number of nitrogens with zero attached hydrogens (tertiary/aromatic N) is 3. The smallest absolute Gasteiger partial charge is 0.320 e. The highest BCUT2D eigenvalue weighted by Gasteiger charge is 2.53. The number of carbonyl (C=O) groups excluding carboxylic acids is 1. The largest absolute Gasteiger partial charge is 0.480 e. The fraction of sp³-hybridized carbons (Fsp3) is 0.238. The number of non-ortho nitro benzene ring substituents is 1. The van der Waals surface area contributed by atoms with Gasteiger partial charge in [0.25, 0.3) is 11.6 Å². The molecule has 0 radical (unpaired) electrons. The molecule has 0 saturated heterocycles. The Kier molecular flexibility index (Phi) is 6.01. The van der Waals surface area contributed by atoms with Crippen molar-refractivity contribution in [2.24, 2.45) is 10.5 Å². The van der Waals surface area contributed by atoms with Crippen molar-refractivity contribution >= 4 is 23.8 Å². The summed E-state index contributed by atoms with van der Waals surface area (Å²) >= 11 is 0. The molecule has 0 fully saturated rings. The molecule has 3 rings (SSSR count). The SMILES string of the molecule is CC1=CCC(C(=O)O)(C(=O)NN=Cc2cccnc2)C(c2ccc([N+](=O)[O-])cc2)C1. The summed E-state index contributed by atoms with van der Waals surface area (Å²) in [5.74, 6) is -2.72. The molecule has 9 heteroatoms. The van der Waals surface area contributed by atoms with E-state index in [9.17, 15) is 24.8 Å². The Morgan fingerprint density at radius 3 is 2.67 bits per heavy atom. The number of hydrogen-bond donors (Lipinski definition) is 2. The Hall–Kier alpha value is -3.88. The second-order valence-corrected chi connectivity index (χ2v) is 7.12. The monoisotopic (exact) mass is 408 g/mol. The third-order valence-electron chi connectivity index (χ3n) is 5.25. The molecule has 2 aromatic rings. The molecule has 154 valence electrons. The summed E-state index contributed by atoms with van der Waals surface area (Å²) in [5, 5.41) is 24.9. The lowest BCUT2D eigenvalue weighted by Crippen LogP contribution is -2.50. The molecule has 1 aromatic carbocycles. The lowest BCUT2D eigenvalue weighted by molar-refractivity contribution is -0.384. The first kappa shape index (κ1) is 20.8. The molecule has 1 heterocycles. The Labute approximate surface area is 172 Å². The van der Waals surface area contributed by atoms with Crippen LogP contribution in [-0.2, 0) is 9.59 Å². The molecule has 0 bridgehead atoms. The van der Waals surface area contributed by atoms with E-state index >= 15 is 0 Å². The van der Waals surface area contributed by atoms with Crippen LogP contribution < -0.4 is 5.43 Å². The maximum atomic E-state index is 13.1. The van der Waals surface area contributed by atoms with Crippen molar-refractivity contribution in [3.05, 3.63) is 81.7 Å². The molecule has 1 aliphatic rings. The summed E-state index contributed by atoms with van der Waals surface area (Å²) in [6, 6.07) is 9.09. The lowest BCUT2D eigenvalue weighted by Gasteiger charge is -2.38. The fourth-order valence-corrected chi connectivity index (χ4v) is 3.59. The van der Waals surface area contributed by atoms with Crippen LogP contribution in [0, 0.1) is 15.5 Å². The Bertz CT molecular complexity index is 1020. The molecule has 0 aliphatic heterocycles. The molecule has 1 aliphatic carbocycles. The average molecular weight is 408 g/mol. The maximum absolute atomic E-state index is 13.1. The fourth-order valence-electron chi connectivity index (χ4n) is 3.59. The minimum absolute atomic E-state index is 0.00985. The molecule has 9 nitrogen and oxygen atoms in total. The van der Waals surface area contributed by atoms with Gasteiger partial charge in [-0.25, -0.2) is 5.43 Å². The van der Waals surface area contributed by atoms with E-state index < -0.39 is 28.1 Å². The number of carboxylic acid groups (broad SMARTS) is 1. The molecule has 1 amide bonds. The van der Waals surface area contributed by atoms with Gasteiger partial charge >= 0.3 is 5.97 Å². The number of rotatable bonds is 6. The van der Waals surface area contributed by atoms with Gasteiger partial charge in [0, 0.05) is 36.0 Å². The molecule has 0 saturated carbocycles. The van der Waals surface area contributed by atoms with E-state index in [1.165, 1.54) is 30.5 Å². The summed E-state index contributed by atoms with van der Waals surface area (Å²) in [4.78, 5) is 39.8. The number of amides is 1.